The normalized spacial score (nSPS) is 18.5. The van der Waals surface area contributed by atoms with E-state index in [1.807, 2.05) is 20.8 Å². The van der Waals surface area contributed by atoms with Crippen molar-refractivity contribution in [2.75, 3.05) is 0 Å². The second kappa shape index (κ2) is 9.83. The van der Waals surface area contributed by atoms with E-state index in [9.17, 15) is 0 Å². The molecule has 0 N–H and O–H groups in total. The molecule has 0 amide bonds. The third-order valence-corrected chi connectivity index (χ3v) is 2.21. The van der Waals surface area contributed by atoms with E-state index in [2.05, 4.69) is 20.4 Å². The highest BCUT2D eigenvalue weighted by molar-refractivity contribution is 4.72. The Kier molecular flexibility index (Phi) is 11.5. The highest BCUT2D eigenvalue weighted by Gasteiger charge is 2.19. The second-order valence-electron chi connectivity index (χ2n) is 4.13. The molecule has 1 rings (SSSR count). The summed E-state index contributed by atoms with van der Waals surface area (Å²) in [6, 6.07) is 0. The molecule has 0 nitrogen and oxygen atoms in total. The lowest BCUT2D eigenvalue weighted by molar-refractivity contribution is 0.244. The predicted octanol–water partition coefficient (Wildman–Crippen LogP) is 5.20. The molecule has 0 aromatic carbocycles. The van der Waals surface area contributed by atoms with Crippen LogP contribution in [0.4, 0.5) is 0 Å². The van der Waals surface area contributed by atoms with E-state index in [1.54, 1.807) is 6.08 Å². The average Bonchev–Trinajstić information content (AvgIpc) is 2.09. The van der Waals surface area contributed by atoms with Gasteiger partial charge in [0.25, 0.3) is 0 Å². The molecule has 0 aliphatic heterocycles. The van der Waals surface area contributed by atoms with Crippen LogP contribution in [0.5, 0.6) is 0 Å². The molecule has 0 atom stereocenters. The average molecular weight is 184 g/mol. The highest BCUT2D eigenvalue weighted by atomic mass is 14.3. The number of rotatable bonds is 0. The van der Waals surface area contributed by atoms with Crippen molar-refractivity contribution >= 4 is 0 Å². The summed E-state index contributed by atoms with van der Waals surface area (Å²) >= 11 is 0. The highest BCUT2D eigenvalue weighted by Crippen LogP contribution is 2.34. The minimum absolute atomic E-state index is 0.679. The van der Waals surface area contributed by atoms with Crippen LogP contribution in [0, 0.1) is 5.41 Å². The first-order valence-corrected chi connectivity index (χ1v) is 5.69. The van der Waals surface area contributed by atoms with Gasteiger partial charge in [-0.3, -0.25) is 0 Å². The maximum absolute atomic E-state index is 3.36. The van der Waals surface area contributed by atoms with Gasteiger partial charge in [-0.05, 0) is 25.2 Å². The van der Waals surface area contributed by atoms with Gasteiger partial charge in [-0.2, -0.15) is 0 Å². The zero-order valence-corrected chi connectivity index (χ0v) is 10.3. The zero-order valence-electron chi connectivity index (χ0n) is 10.3. The fourth-order valence-corrected chi connectivity index (χ4v) is 1.51. The largest absolute Gasteiger partial charge is 0.103 e. The van der Waals surface area contributed by atoms with Crippen LogP contribution >= 0.6 is 0 Å². The molecule has 0 radical (unpaired) electrons. The Bertz CT molecular complexity index is 92.6. The van der Waals surface area contributed by atoms with E-state index in [1.165, 1.54) is 32.1 Å². The van der Waals surface area contributed by atoms with Crippen LogP contribution in [-0.4, -0.2) is 0 Å². The Morgan fingerprint density at radius 2 is 1.31 bits per heavy atom. The molecule has 0 spiro atoms. The maximum atomic E-state index is 3.36. The van der Waals surface area contributed by atoms with Gasteiger partial charge in [-0.15, -0.1) is 6.58 Å². The van der Waals surface area contributed by atoms with Gasteiger partial charge in [0.1, 0.15) is 0 Å². The van der Waals surface area contributed by atoms with Crippen molar-refractivity contribution in [2.45, 2.75) is 66.7 Å². The summed E-state index contributed by atoms with van der Waals surface area (Å²) in [5, 5.41) is 0. The van der Waals surface area contributed by atoms with Crippen molar-refractivity contribution in [2.24, 2.45) is 5.41 Å². The Balaban J connectivity index is 0. The molecular weight excluding hydrogens is 156 g/mol. The lowest BCUT2D eigenvalue weighted by Crippen LogP contribution is -2.14. The zero-order chi connectivity index (χ0) is 10.7. The maximum Gasteiger partial charge on any atom is -0.0354 e. The van der Waals surface area contributed by atoms with Gasteiger partial charge in [0, 0.05) is 0 Å². The topological polar surface area (TPSA) is 0 Å². The summed E-state index contributed by atoms with van der Waals surface area (Å²) in [6.45, 7) is 14.0. The molecule has 80 valence electrons. The molecule has 0 bridgehead atoms. The SMILES string of the molecule is C=CC.CC.CC1(C)CCCCC1. The molecule has 1 fully saturated rings. The number of hydrogen-bond donors (Lipinski definition) is 0. The van der Waals surface area contributed by atoms with Crippen LogP contribution in [0.25, 0.3) is 0 Å². The van der Waals surface area contributed by atoms with E-state index in [0.29, 0.717) is 5.41 Å². The summed E-state index contributed by atoms with van der Waals surface area (Å²) < 4.78 is 0. The molecule has 1 aliphatic carbocycles. The quantitative estimate of drug-likeness (QED) is 0.454. The van der Waals surface area contributed by atoms with E-state index in [4.69, 9.17) is 0 Å². The lowest BCUT2D eigenvalue weighted by atomic mass is 9.78. The van der Waals surface area contributed by atoms with Crippen molar-refractivity contribution in [3.05, 3.63) is 12.7 Å². The first kappa shape index (κ1) is 15.2. The van der Waals surface area contributed by atoms with Crippen LogP contribution in [0.3, 0.4) is 0 Å². The first-order valence-electron chi connectivity index (χ1n) is 5.69. The van der Waals surface area contributed by atoms with Crippen molar-refractivity contribution in [3.63, 3.8) is 0 Å². The van der Waals surface area contributed by atoms with Gasteiger partial charge in [-0.1, -0.05) is 53.0 Å². The first-order chi connectivity index (χ1) is 6.12. The lowest BCUT2D eigenvalue weighted by Gasteiger charge is -2.28. The fraction of sp³-hybridized carbons (Fsp3) is 0.846. The van der Waals surface area contributed by atoms with Gasteiger partial charge < -0.3 is 0 Å². The summed E-state index contributed by atoms with van der Waals surface area (Å²) in [6.07, 6.45) is 9.06. The Hall–Kier alpha value is -0.260. The van der Waals surface area contributed by atoms with Crippen LogP contribution in [0.15, 0.2) is 12.7 Å². The number of allylic oxidation sites excluding steroid dienone is 1. The van der Waals surface area contributed by atoms with Gasteiger partial charge in [0.15, 0.2) is 0 Å². The summed E-state index contributed by atoms with van der Waals surface area (Å²) in [5.41, 5.74) is 0.679. The van der Waals surface area contributed by atoms with Crippen molar-refractivity contribution in [1.29, 1.82) is 0 Å². The molecule has 1 saturated carbocycles. The third-order valence-electron chi connectivity index (χ3n) is 2.21. The van der Waals surface area contributed by atoms with E-state index in [0.717, 1.165) is 0 Å². The van der Waals surface area contributed by atoms with E-state index >= 15 is 0 Å². The van der Waals surface area contributed by atoms with Gasteiger partial charge in [0.2, 0.25) is 0 Å². The summed E-state index contributed by atoms with van der Waals surface area (Å²) in [5.74, 6) is 0. The predicted molar refractivity (Wildman–Crippen MR) is 64.1 cm³/mol. The molecule has 0 heteroatoms. The van der Waals surface area contributed by atoms with E-state index < -0.39 is 0 Å². The molecular formula is C13H28. The summed E-state index contributed by atoms with van der Waals surface area (Å²) in [7, 11) is 0. The standard InChI is InChI=1S/C8H16.C3H6.C2H6/c1-8(2)6-4-3-5-7-8;1-3-2;1-2/h3-7H2,1-2H3;3H,1H2,2H3;1-2H3. The van der Waals surface area contributed by atoms with Crippen molar-refractivity contribution < 1.29 is 0 Å². The minimum atomic E-state index is 0.679. The third kappa shape index (κ3) is 11.7. The van der Waals surface area contributed by atoms with Crippen LogP contribution < -0.4 is 0 Å². The molecule has 0 unspecified atom stereocenters. The Morgan fingerprint density at radius 1 is 1.00 bits per heavy atom. The smallest absolute Gasteiger partial charge is 0.0354 e. The van der Waals surface area contributed by atoms with Gasteiger partial charge in [0.05, 0.1) is 0 Å². The molecule has 0 heterocycles. The Morgan fingerprint density at radius 3 is 1.46 bits per heavy atom. The van der Waals surface area contributed by atoms with Crippen LogP contribution in [-0.2, 0) is 0 Å². The Labute approximate surface area is 85.4 Å². The van der Waals surface area contributed by atoms with Gasteiger partial charge >= 0.3 is 0 Å². The number of hydrogen-bond acceptors (Lipinski definition) is 0. The van der Waals surface area contributed by atoms with Gasteiger partial charge in [-0.25, -0.2) is 0 Å². The molecule has 0 aromatic rings. The van der Waals surface area contributed by atoms with Crippen molar-refractivity contribution in [3.8, 4) is 0 Å². The molecule has 0 aromatic heterocycles. The fourth-order valence-electron chi connectivity index (χ4n) is 1.51. The molecule has 13 heavy (non-hydrogen) atoms. The molecule has 1 aliphatic rings. The monoisotopic (exact) mass is 184 g/mol. The molecule has 0 saturated heterocycles. The van der Waals surface area contributed by atoms with Crippen LogP contribution in [0.2, 0.25) is 0 Å². The minimum Gasteiger partial charge on any atom is -0.103 e. The van der Waals surface area contributed by atoms with Crippen molar-refractivity contribution in [1.82, 2.24) is 0 Å². The van der Waals surface area contributed by atoms with Crippen LogP contribution in [0.1, 0.15) is 66.7 Å². The second-order valence-corrected chi connectivity index (χ2v) is 4.13. The summed E-state index contributed by atoms with van der Waals surface area (Å²) in [4.78, 5) is 0. The van der Waals surface area contributed by atoms with E-state index in [-0.39, 0.29) is 0 Å².